The molecule has 1 N–H and O–H groups in total. The summed E-state index contributed by atoms with van der Waals surface area (Å²) in [6, 6.07) is 1.88. The molecule has 3 aliphatic rings. The van der Waals surface area contributed by atoms with Crippen LogP contribution in [-0.4, -0.2) is 70.7 Å². The minimum atomic E-state index is -0.273. The van der Waals surface area contributed by atoms with Crippen molar-refractivity contribution in [2.24, 2.45) is 0 Å². The molecule has 124 valence electrons. The molecule has 2 aliphatic heterocycles. The van der Waals surface area contributed by atoms with E-state index in [1.54, 1.807) is 4.90 Å². The zero-order valence-electron chi connectivity index (χ0n) is 13.2. The van der Waals surface area contributed by atoms with Crippen molar-refractivity contribution in [1.82, 2.24) is 20.0 Å². The van der Waals surface area contributed by atoms with Crippen LogP contribution in [0.15, 0.2) is 6.07 Å². The van der Waals surface area contributed by atoms with Gasteiger partial charge in [-0.1, -0.05) is 0 Å². The molecular formula is C16H22N4O3. The molecule has 1 aliphatic carbocycles. The van der Waals surface area contributed by atoms with Crippen molar-refractivity contribution >= 4 is 11.8 Å². The topological polar surface area (TPSA) is 78.5 Å². The average molecular weight is 318 g/mol. The predicted octanol–water partition coefficient (Wildman–Crippen LogP) is 0.750. The molecule has 0 bridgehead atoms. The Kier molecular flexibility index (Phi) is 3.80. The van der Waals surface area contributed by atoms with Crippen LogP contribution in [0.2, 0.25) is 0 Å². The first-order chi connectivity index (χ1) is 11.2. The summed E-state index contributed by atoms with van der Waals surface area (Å²) >= 11 is 0. The quantitative estimate of drug-likeness (QED) is 0.892. The van der Waals surface area contributed by atoms with Crippen LogP contribution in [0, 0.1) is 0 Å². The third-order valence-electron chi connectivity index (χ3n) is 4.92. The van der Waals surface area contributed by atoms with Crippen LogP contribution in [0.1, 0.15) is 47.8 Å². The van der Waals surface area contributed by atoms with Gasteiger partial charge in [-0.25, -0.2) is 0 Å². The Hall–Kier alpha value is -1.89. The highest BCUT2D eigenvalue weighted by Crippen LogP contribution is 2.39. The molecule has 2 amide bonds. The van der Waals surface area contributed by atoms with E-state index in [4.69, 9.17) is 4.74 Å². The number of ether oxygens (including phenoxy) is 1. The molecule has 1 saturated carbocycles. The van der Waals surface area contributed by atoms with Crippen molar-refractivity contribution in [2.75, 3.05) is 32.8 Å². The van der Waals surface area contributed by atoms with Crippen molar-refractivity contribution in [2.45, 2.75) is 37.7 Å². The first kappa shape index (κ1) is 14.7. The molecule has 4 rings (SSSR count). The van der Waals surface area contributed by atoms with Crippen LogP contribution in [0.4, 0.5) is 0 Å². The lowest BCUT2D eigenvalue weighted by atomic mass is 10.2. The average Bonchev–Trinajstić information content (AvgIpc) is 3.10. The van der Waals surface area contributed by atoms with Crippen molar-refractivity contribution in [1.29, 1.82) is 0 Å². The SMILES string of the molecule is O=C(c1cc(C2CC2)[nH]n1)N1CCN(C(=O)[C@H]2CCCO2)CC1. The normalized spacial score (nSPS) is 25.0. The van der Waals surface area contributed by atoms with Gasteiger partial charge >= 0.3 is 0 Å². The number of nitrogens with zero attached hydrogens (tertiary/aromatic N) is 3. The predicted molar refractivity (Wildman–Crippen MR) is 82.0 cm³/mol. The fraction of sp³-hybridized carbons (Fsp3) is 0.688. The summed E-state index contributed by atoms with van der Waals surface area (Å²) in [5.74, 6) is 0.590. The molecule has 7 nitrogen and oxygen atoms in total. The maximum absolute atomic E-state index is 12.5. The summed E-state index contributed by atoms with van der Waals surface area (Å²) in [6.07, 6.45) is 3.86. The van der Waals surface area contributed by atoms with E-state index in [2.05, 4.69) is 10.2 Å². The number of hydrogen-bond donors (Lipinski definition) is 1. The fourth-order valence-electron chi connectivity index (χ4n) is 3.32. The molecule has 3 heterocycles. The summed E-state index contributed by atoms with van der Waals surface area (Å²) in [6.45, 7) is 2.94. The van der Waals surface area contributed by atoms with Gasteiger partial charge in [-0.15, -0.1) is 0 Å². The maximum Gasteiger partial charge on any atom is 0.274 e. The minimum absolute atomic E-state index is 0.0441. The van der Waals surface area contributed by atoms with Crippen LogP contribution < -0.4 is 0 Å². The van der Waals surface area contributed by atoms with E-state index in [0.717, 1.165) is 18.5 Å². The Bertz CT molecular complexity index is 596. The second-order valence-corrected chi connectivity index (χ2v) is 6.60. The molecule has 0 aromatic carbocycles. The lowest BCUT2D eigenvalue weighted by molar-refractivity contribution is -0.142. The summed E-state index contributed by atoms with van der Waals surface area (Å²) < 4.78 is 5.46. The number of rotatable bonds is 3. The molecule has 1 aromatic rings. The van der Waals surface area contributed by atoms with Crippen molar-refractivity contribution in [3.63, 3.8) is 0 Å². The molecule has 1 aromatic heterocycles. The Labute approximate surface area is 135 Å². The Morgan fingerprint density at radius 1 is 1.13 bits per heavy atom. The molecular weight excluding hydrogens is 296 g/mol. The molecule has 0 radical (unpaired) electrons. The van der Waals surface area contributed by atoms with Gasteiger partial charge in [0.2, 0.25) is 0 Å². The van der Waals surface area contributed by atoms with Crippen molar-refractivity contribution in [3.8, 4) is 0 Å². The van der Waals surface area contributed by atoms with E-state index in [-0.39, 0.29) is 17.9 Å². The van der Waals surface area contributed by atoms with Crippen LogP contribution in [0.3, 0.4) is 0 Å². The highest BCUT2D eigenvalue weighted by molar-refractivity contribution is 5.92. The van der Waals surface area contributed by atoms with E-state index in [1.165, 1.54) is 12.8 Å². The molecule has 0 spiro atoms. The van der Waals surface area contributed by atoms with Crippen LogP contribution in [0.25, 0.3) is 0 Å². The van der Waals surface area contributed by atoms with Gasteiger partial charge in [0.1, 0.15) is 11.8 Å². The highest BCUT2D eigenvalue weighted by atomic mass is 16.5. The van der Waals surface area contributed by atoms with Crippen molar-refractivity contribution in [3.05, 3.63) is 17.5 Å². The second-order valence-electron chi connectivity index (χ2n) is 6.60. The van der Waals surface area contributed by atoms with Crippen LogP contribution >= 0.6 is 0 Å². The summed E-state index contributed by atoms with van der Waals surface area (Å²) in [5, 5.41) is 7.13. The Balaban J connectivity index is 1.33. The van der Waals surface area contributed by atoms with E-state index in [0.29, 0.717) is 44.4 Å². The molecule has 7 heteroatoms. The largest absolute Gasteiger partial charge is 0.368 e. The number of piperazine rings is 1. The Morgan fingerprint density at radius 3 is 2.52 bits per heavy atom. The monoisotopic (exact) mass is 318 g/mol. The smallest absolute Gasteiger partial charge is 0.274 e. The molecule has 23 heavy (non-hydrogen) atoms. The number of H-pyrrole nitrogens is 1. The fourth-order valence-corrected chi connectivity index (χ4v) is 3.32. The number of aromatic nitrogens is 2. The van der Waals surface area contributed by atoms with Gasteiger partial charge in [-0.05, 0) is 31.7 Å². The number of hydrogen-bond acceptors (Lipinski definition) is 4. The molecule has 0 unspecified atom stereocenters. The van der Waals surface area contributed by atoms with E-state index in [9.17, 15) is 9.59 Å². The third kappa shape index (κ3) is 2.97. The zero-order valence-corrected chi connectivity index (χ0v) is 13.2. The number of carbonyl (C=O) groups is 2. The van der Waals surface area contributed by atoms with Gasteiger partial charge < -0.3 is 14.5 Å². The van der Waals surface area contributed by atoms with Crippen LogP contribution in [0.5, 0.6) is 0 Å². The number of amides is 2. The highest BCUT2D eigenvalue weighted by Gasteiger charge is 2.32. The third-order valence-corrected chi connectivity index (χ3v) is 4.92. The van der Waals surface area contributed by atoms with Gasteiger partial charge in [-0.3, -0.25) is 14.7 Å². The lowest BCUT2D eigenvalue weighted by Gasteiger charge is -2.35. The van der Waals surface area contributed by atoms with Gasteiger partial charge in [0.05, 0.1) is 0 Å². The summed E-state index contributed by atoms with van der Waals surface area (Å²) in [5.41, 5.74) is 1.56. The van der Waals surface area contributed by atoms with E-state index < -0.39 is 0 Å². The summed E-state index contributed by atoms with van der Waals surface area (Å²) in [4.78, 5) is 28.4. The standard InChI is InChI=1S/C16H22N4O3/c21-15(13-10-12(17-18-13)11-3-4-11)19-5-7-20(8-6-19)16(22)14-2-1-9-23-14/h10-11,14H,1-9H2,(H,17,18)/t14-/m1/s1. The minimum Gasteiger partial charge on any atom is -0.368 e. The number of carbonyl (C=O) groups excluding carboxylic acids is 2. The number of aromatic amines is 1. The molecule has 1 atom stereocenters. The number of nitrogens with one attached hydrogen (secondary N) is 1. The zero-order chi connectivity index (χ0) is 15.8. The maximum atomic E-state index is 12.5. The van der Waals surface area contributed by atoms with E-state index >= 15 is 0 Å². The molecule has 2 saturated heterocycles. The van der Waals surface area contributed by atoms with Crippen molar-refractivity contribution < 1.29 is 14.3 Å². The Morgan fingerprint density at radius 2 is 1.87 bits per heavy atom. The first-order valence-electron chi connectivity index (χ1n) is 8.47. The van der Waals surface area contributed by atoms with Gasteiger partial charge in [0.25, 0.3) is 11.8 Å². The van der Waals surface area contributed by atoms with Crippen LogP contribution in [-0.2, 0) is 9.53 Å². The van der Waals surface area contributed by atoms with E-state index in [1.807, 2.05) is 11.0 Å². The second kappa shape index (κ2) is 5.96. The summed E-state index contributed by atoms with van der Waals surface area (Å²) in [7, 11) is 0. The van der Waals surface area contributed by atoms with Gasteiger partial charge in [0, 0.05) is 44.4 Å². The van der Waals surface area contributed by atoms with Gasteiger partial charge in [-0.2, -0.15) is 5.10 Å². The lowest BCUT2D eigenvalue weighted by Crippen LogP contribution is -2.52. The first-order valence-corrected chi connectivity index (χ1v) is 8.47. The van der Waals surface area contributed by atoms with Gasteiger partial charge in [0.15, 0.2) is 0 Å². The molecule has 3 fully saturated rings.